The third-order valence-corrected chi connectivity index (χ3v) is 3.55. The maximum absolute atomic E-state index is 9.46. The van der Waals surface area contributed by atoms with Gasteiger partial charge in [-0.15, -0.1) is 11.3 Å². The number of rotatable bonds is 3. The van der Waals surface area contributed by atoms with Crippen LogP contribution in [-0.4, -0.2) is 28.0 Å². The highest BCUT2D eigenvalue weighted by atomic mass is 32.1. The van der Waals surface area contributed by atoms with Gasteiger partial charge in [0, 0.05) is 4.88 Å². The van der Waals surface area contributed by atoms with E-state index in [2.05, 4.69) is 26.0 Å². The first kappa shape index (κ1) is 15.1. The Kier molecular flexibility index (Phi) is 4.33. The number of hydrogen-bond donors (Lipinski definition) is 0. The molecule has 0 aliphatic heterocycles. The maximum atomic E-state index is 9.46. The molecule has 0 spiro atoms. The highest BCUT2D eigenvalue weighted by molar-refractivity contribution is 7.11. The van der Waals surface area contributed by atoms with Crippen LogP contribution in [0.1, 0.15) is 33.1 Å². The number of nitriles is 1. The van der Waals surface area contributed by atoms with E-state index < -0.39 is 0 Å². The van der Waals surface area contributed by atoms with Crippen molar-refractivity contribution in [2.75, 3.05) is 0 Å². The van der Waals surface area contributed by atoms with E-state index in [4.69, 9.17) is 12.7 Å². The molecule has 2 heterocycles. The number of thiazole rings is 1. The first-order valence-corrected chi connectivity index (χ1v) is 6.93. The standard InChI is InChI=1S/C13H12BN5OS/c1-6-11(19-9(4)21-6)10(5-15)12(20-14)13-17-7(2)16-8(3)18-13/h1-4H3. The van der Waals surface area contributed by atoms with Crippen molar-refractivity contribution in [2.24, 2.45) is 0 Å². The van der Waals surface area contributed by atoms with E-state index >= 15 is 0 Å². The summed E-state index contributed by atoms with van der Waals surface area (Å²) in [6.07, 6.45) is 0. The molecule has 2 rings (SSSR count). The summed E-state index contributed by atoms with van der Waals surface area (Å²) in [4.78, 5) is 17.7. The van der Waals surface area contributed by atoms with Crippen LogP contribution in [0.4, 0.5) is 0 Å². The van der Waals surface area contributed by atoms with Crippen molar-refractivity contribution < 1.29 is 4.65 Å². The average molecular weight is 297 g/mol. The minimum atomic E-state index is 0.0968. The lowest BCUT2D eigenvalue weighted by atomic mass is 10.1. The smallest absolute Gasteiger partial charge is 0.374 e. The molecular weight excluding hydrogens is 285 g/mol. The Hall–Kier alpha value is -2.27. The second-order valence-corrected chi connectivity index (χ2v) is 5.73. The molecule has 2 aromatic rings. The number of nitrogens with zero attached hydrogens (tertiary/aromatic N) is 5. The second-order valence-electron chi connectivity index (χ2n) is 4.32. The topological polar surface area (TPSA) is 84.6 Å². The summed E-state index contributed by atoms with van der Waals surface area (Å²) >= 11 is 1.50. The molecule has 0 amide bonds. The molecule has 0 aliphatic carbocycles. The minimum Gasteiger partial charge on any atom is -0.564 e. The molecule has 6 nitrogen and oxygen atoms in total. The highest BCUT2D eigenvalue weighted by Gasteiger charge is 2.19. The van der Waals surface area contributed by atoms with E-state index in [0.717, 1.165) is 9.88 Å². The molecule has 0 saturated carbocycles. The molecule has 0 N–H and O–H groups in total. The lowest BCUT2D eigenvalue weighted by Crippen LogP contribution is -2.05. The molecule has 0 bridgehead atoms. The van der Waals surface area contributed by atoms with Crippen molar-refractivity contribution in [3.63, 3.8) is 0 Å². The molecule has 0 aliphatic rings. The van der Waals surface area contributed by atoms with E-state index in [0.29, 0.717) is 17.3 Å². The van der Waals surface area contributed by atoms with Gasteiger partial charge in [-0.2, -0.15) is 5.26 Å². The van der Waals surface area contributed by atoms with Crippen LogP contribution in [0.2, 0.25) is 0 Å². The van der Waals surface area contributed by atoms with Crippen LogP contribution in [0.3, 0.4) is 0 Å². The summed E-state index contributed by atoms with van der Waals surface area (Å²) in [5.74, 6) is 1.37. The van der Waals surface area contributed by atoms with Crippen molar-refractivity contribution in [3.05, 3.63) is 33.1 Å². The molecule has 0 saturated heterocycles. The molecule has 0 unspecified atom stereocenters. The van der Waals surface area contributed by atoms with Gasteiger partial charge >= 0.3 is 8.05 Å². The molecule has 2 aromatic heterocycles. The first-order valence-electron chi connectivity index (χ1n) is 6.11. The van der Waals surface area contributed by atoms with Gasteiger partial charge in [-0.05, 0) is 27.7 Å². The predicted molar refractivity (Wildman–Crippen MR) is 80.2 cm³/mol. The quantitative estimate of drug-likeness (QED) is 0.490. The number of aromatic nitrogens is 4. The zero-order chi connectivity index (χ0) is 15.6. The largest absolute Gasteiger partial charge is 0.564 e. The van der Waals surface area contributed by atoms with Crippen molar-refractivity contribution in [3.8, 4) is 6.07 Å². The Bertz CT molecular complexity index is 742. The van der Waals surface area contributed by atoms with Crippen LogP contribution in [0, 0.1) is 39.0 Å². The van der Waals surface area contributed by atoms with E-state index in [-0.39, 0.29) is 17.2 Å². The summed E-state index contributed by atoms with van der Waals surface area (Å²) in [7, 11) is 5.34. The van der Waals surface area contributed by atoms with Crippen LogP contribution in [0.5, 0.6) is 0 Å². The van der Waals surface area contributed by atoms with Crippen LogP contribution in [0.15, 0.2) is 0 Å². The van der Waals surface area contributed by atoms with Gasteiger partial charge in [-0.25, -0.2) is 19.9 Å². The van der Waals surface area contributed by atoms with Gasteiger partial charge in [-0.3, -0.25) is 0 Å². The summed E-state index contributed by atoms with van der Waals surface area (Å²) < 4.78 is 4.89. The summed E-state index contributed by atoms with van der Waals surface area (Å²) in [6.45, 7) is 7.22. The summed E-state index contributed by atoms with van der Waals surface area (Å²) in [5, 5.41) is 10.3. The van der Waals surface area contributed by atoms with Crippen LogP contribution in [0.25, 0.3) is 11.3 Å². The van der Waals surface area contributed by atoms with Gasteiger partial charge in [-0.1, -0.05) is 0 Å². The lowest BCUT2D eigenvalue weighted by molar-refractivity contribution is 0.563. The molecule has 0 atom stereocenters. The molecular formula is C13H12BN5OS. The van der Waals surface area contributed by atoms with Gasteiger partial charge in [0.15, 0.2) is 11.6 Å². The number of aryl methyl sites for hydroxylation is 4. The number of hydrogen-bond acceptors (Lipinski definition) is 7. The molecule has 104 valence electrons. The maximum Gasteiger partial charge on any atom is 0.374 e. The van der Waals surface area contributed by atoms with Gasteiger partial charge < -0.3 is 4.65 Å². The highest BCUT2D eigenvalue weighted by Crippen LogP contribution is 2.29. The normalized spacial score (nSPS) is 11.8. The van der Waals surface area contributed by atoms with E-state index in [1.54, 1.807) is 13.8 Å². The predicted octanol–water partition coefficient (Wildman–Crippen LogP) is 2.05. The fraction of sp³-hybridized carbons (Fsp3) is 0.308. The van der Waals surface area contributed by atoms with Crippen LogP contribution in [-0.2, 0) is 4.65 Å². The van der Waals surface area contributed by atoms with Crippen molar-refractivity contribution in [1.29, 1.82) is 5.26 Å². The molecule has 2 radical (unpaired) electrons. The Morgan fingerprint density at radius 2 is 1.71 bits per heavy atom. The monoisotopic (exact) mass is 297 g/mol. The Labute approximate surface area is 128 Å². The third-order valence-electron chi connectivity index (χ3n) is 2.66. The van der Waals surface area contributed by atoms with E-state index in [9.17, 15) is 5.26 Å². The van der Waals surface area contributed by atoms with Gasteiger partial charge in [0.25, 0.3) is 0 Å². The Balaban J connectivity index is 2.70. The zero-order valence-corrected chi connectivity index (χ0v) is 12.9. The molecule has 8 heteroatoms. The lowest BCUT2D eigenvalue weighted by Gasteiger charge is -2.09. The van der Waals surface area contributed by atoms with Crippen LogP contribution < -0.4 is 0 Å². The SMILES string of the molecule is [B]OC(=C(C#N)c1nc(C)sc1C)c1nc(C)nc(C)n1. The van der Waals surface area contributed by atoms with E-state index in [1.165, 1.54) is 11.3 Å². The second kappa shape index (κ2) is 6.02. The zero-order valence-electron chi connectivity index (χ0n) is 12.1. The van der Waals surface area contributed by atoms with Crippen molar-refractivity contribution in [1.82, 2.24) is 19.9 Å². The van der Waals surface area contributed by atoms with E-state index in [1.807, 2.05) is 13.8 Å². The Morgan fingerprint density at radius 3 is 2.14 bits per heavy atom. The number of allylic oxidation sites excluding steroid dienone is 1. The average Bonchev–Trinajstić information content (AvgIpc) is 2.73. The fourth-order valence-electron chi connectivity index (χ4n) is 1.91. The molecule has 21 heavy (non-hydrogen) atoms. The summed E-state index contributed by atoms with van der Waals surface area (Å²) in [6, 6.07) is 2.08. The first-order chi connectivity index (χ1) is 9.96. The van der Waals surface area contributed by atoms with Crippen molar-refractivity contribution in [2.45, 2.75) is 27.7 Å². The van der Waals surface area contributed by atoms with Crippen molar-refractivity contribution >= 4 is 30.7 Å². The van der Waals surface area contributed by atoms with Crippen LogP contribution >= 0.6 is 11.3 Å². The Morgan fingerprint density at radius 1 is 1.10 bits per heavy atom. The van der Waals surface area contributed by atoms with Gasteiger partial charge in [0.1, 0.15) is 23.3 Å². The molecule has 0 aromatic carbocycles. The van der Waals surface area contributed by atoms with Gasteiger partial charge in [0.2, 0.25) is 0 Å². The summed E-state index contributed by atoms with van der Waals surface area (Å²) in [5.41, 5.74) is 0.750. The molecule has 0 fully saturated rings. The van der Waals surface area contributed by atoms with Gasteiger partial charge in [0.05, 0.1) is 10.7 Å². The fourth-order valence-corrected chi connectivity index (χ4v) is 2.74. The third kappa shape index (κ3) is 3.08. The minimum absolute atomic E-state index is 0.0968.